The Hall–Kier alpha value is -1.06. The maximum Gasteiger partial charge on any atom is 0.232 e. The molecule has 3 nitrogen and oxygen atoms in total. The predicted octanol–water partition coefficient (Wildman–Crippen LogP) is 2.60. The molecule has 1 aliphatic rings. The monoisotopic (exact) mass is 296 g/mol. The van der Waals surface area contributed by atoms with Gasteiger partial charge in [0.15, 0.2) is 0 Å². The molecule has 4 heteroatoms. The number of carbonyl (C=O) groups excluding carboxylic acids is 1. The van der Waals surface area contributed by atoms with E-state index < -0.39 is 5.41 Å². The quantitative estimate of drug-likeness (QED) is 0.930. The zero-order valence-corrected chi connectivity index (χ0v) is 13.4. The molecule has 1 N–H and O–H groups in total. The summed E-state index contributed by atoms with van der Waals surface area (Å²) < 4.78 is 0. The van der Waals surface area contributed by atoms with E-state index in [1.807, 2.05) is 56.1 Å². The molecule has 1 aromatic carbocycles. The van der Waals surface area contributed by atoms with Crippen LogP contribution in [0.3, 0.4) is 0 Å². The first-order chi connectivity index (χ1) is 9.05. The van der Waals surface area contributed by atoms with Crippen LogP contribution in [0.4, 0.5) is 0 Å². The molecule has 1 fully saturated rings. The molecule has 1 aromatic rings. The molecule has 0 saturated carbocycles. The highest BCUT2D eigenvalue weighted by molar-refractivity contribution is 5.87. The Morgan fingerprint density at radius 1 is 1.30 bits per heavy atom. The van der Waals surface area contributed by atoms with Crippen molar-refractivity contribution < 1.29 is 4.79 Å². The lowest BCUT2D eigenvalue weighted by Crippen LogP contribution is -2.51. The number of hydrogen-bond donors (Lipinski definition) is 1. The van der Waals surface area contributed by atoms with Gasteiger partial charge in [0.05, 0.1) is 5.41 Å². The van der Waals surface area contributed by atoms with Crippen LogP contribution in [0.25, 0.3) is 0 Å². The van der Waals surface area contributed by atoms with Crippen LogP contribution in [-0.4, -0.2) is 37.0 Å². The van der Waals surface area contributed by atoms with Gasteiger partial charge in [0.1, 0.15) is 0 Å². The normalized spacial score (nSPS) is 19.4. The molecule has 1 unspecified atom stereocenters. The van der Waals surface area contributed by atoms with Gasteiger partial charge in [-0.3, -0.25) is 4.79 Å². The number of nitrogens with zero attached hydrogens (tertiary/aromatic N) is 1. The van der Waals surface area contributed by atoms with Gasteiger partial charge >= 0.3 is 0 Å². The lowest BCUT2D eigenvalue weighted by Gasteiger charge is -2.37. The first-order valence-corrected chi connectivity index (χ1v) is 7.08. The summed E-state index contributed by atoms with van der Waals surface area (Å²) >= 11 is 0. The number of benzene rings is 1. The largest absolute Gasteiger partial charge is 0.340 e. The van der Waals surface area contributed by atoms with Crippen molar-refractivity contribution in [3.05, 3.63) is 35.9 Å². The van der Waals surface area contributed by atoms with Gasteiger partial charge in [0.2, 0.25) is 5.91 Å². The van der Waals surface area contributed by atoms with Crippen molar-refractivity contribution in [2.24, 2.45) is 0 Å². The Kier molecular flexibility index (Phi) is 6.03. The Balaban J connectivity index is 0.00000200. The summed E-state index contributed by atoms with van der Waals surface area (Å²) in [5, 5.41) is 3.29. The molecule has 1 aliphatic heterocycles. The minimum Gasteiger partial charge on any atom is -0.340 e. The second-order valence-corrected chi connectivity index (χ2v) is 5.87. The molecule has 0 spiro atoms. The predicted molar refractivity (Wildman–Crippen MR) is 85.4 cm³/mol. The minimum atomic E-state index is -0.448. The highest BCUT2D eigenvalue weighted by Crippen LogP contribution is 2.27. The van der Waals surface area contributed by atoms with Crippen LogP contribution in [0.5, 0.6) is 0 Å². The van der Waals surface area contributed by atoms with Crippen molar-refractivity contribution in [2.45, 2.75) is 38.1 Å². The zero-order chi connectivity index (χ0) is 13.9. The highest BCUT2D eigenvalue weighted by Gasteiger charge is 2.35. The van der Waals surface area contributed by atoms with Gasteiger partial charge in [-0.15, -0.1) is 12.4 Å². The van der Waals surface area contributed by atoms with Gasteiger partial charge in [-0.05, 0) is 39.3 Å². The van der Waals surface area contributed by atoms with E-state index >= 15 is 0 Å². The van der Waals surface area contributed by atoms with Gasteiger partial charge in [-0.25, -0.2) is 0 Å². The van der Waals surface area contributed by atoms with Crippen molar-refractivity contribution in [3.63, 3.8) is 0 Å². The molecule has 0 radical (unpaired) electrons. The maximum absolute atomic E-state index is 12.8. The van der Waals surface area contributed by atoms with E-state index in [1.165, 1.54) is 0 Å². The number of amides is 1. The number of halogens is 1. The zero-order valence-electron chi connectivity index (χ0n) is 12.6. The molecule has 112 valence electrons. The lowest BCUT2D eigenvalue weighted by atomic mass is 9.82. The average Bonchev–Trinajstić information content (AvgIpc) is 2.47. The minimum absolute atomic E-state index is 0. The number of carbonyl (C=O) groups is 1. The van der Waals surface area contributed by atoms with Crippen LogP contribution >= 0.6 is 12.4 Å². The number of likely N-dealkylation sites (tertiary alicyclic amines) is 1. The van der Waals surface area contributed by atoms with Crippen molar-refractivity contribution >= 4 is 18.3 Å². The number of hydrogen-bond acceptors (Lipinski definition) is 2. The van der Waals surface area contributed by atoms with Crippen molar-refractivity contribution in [1.29, 1.82) is 0 Å². The first kappa shape index (κ1) is 17.0. The van der Waals surface area contributed by atoms with E-state index in [1.54, 1.807) is 0 Å². The summed E-state index contributed by atoms with van der Waals surface area (Å²) in [7, 11) is 1.97. The molecule has 0 bridgehead atoms. The fourth-order valence-corrected chi connectivity index (χ4v) is 2.77. The molecular formula is C16H25ClN2O. The summed E-state index contributed by atoms with van der Waals surface area (Å²) in [5.41, 5.74) is 0.642. The molecule has 20 heavy (non-hydrogen) atoms. The van der Waals surface area contributed by atoms with E-state index in [4.69, 9.17) is 0 Å². The molecule has 0 aromatic heterocycles. The summed E-state index contributed by atoms with van der Waals surface area (Å²) in [4.78, 5) is 14.8. The topological polar surface area (TPSA) is 32.3 Å². The van der Waals surface area contributed by atoms with E-state index in [2.05, 4.69) is 5.32 Å². The number of piperidine rings is 1. The third kappa shape index (κ3) is 3.53. The third-order valence-corrected chi connectivity index (χ3v) is 4.15. The SMILES string of the molecule is CNC1CCCN(C(=O)C(C)(C)c2ccccc2)C1.Cl. The molecule has 0 aliphatic carbocycles. The molecule has 1 amide bonds. The third-order valence-electron chi connectivity index (χ3n) is 4.15. The van der Waals surface area contributed by atoms with Gasteiger partial charge in [-0.1, -0.05) is 30.3 Å². The average molecular weight is 297 g/mol. The van der Waals surface area contributed by atoms with Crippen LogP contribution in [0.2, 0.25) is 0 Å². The van der Waals surface area contributed by atoms with Crippen LogP contribution < -0.4 is 5.32 Å². The van der Waals surface area contributed by atoms with Crippen molar-refractivity contribution in [2.75, 3.05) is 20.1 Å². The van der Waals surface area contributed by atoms with E-state index in [0.717, 1.165) is 31.5 Å². The Morgan fingerprint density at radius 3 is 2.55 bits per heavy atom. The van der Waals surface area contributed by atoms with Crippen LogP contribution in [0, 0.1) is 0 Å². The molecule has 2 rings (SSSR count). The molecule has 1 heterocycles. The first-order valence-electron chi connectivity index (χ1n) is 7.08. The van der Waals surface area contributed by atoms with Crippen molar-refractivity contribution in [1.82, 2.24) is 10.2 Å². The fraction of sp³-hybridized carbons (Fsp3) is 0.562. The van der Waals surface area contributed by atoms with Crippen molar-refractivity contribution in [3.8, 4) is 0 Å². The van der Waals surface area contributed by atoms with Gasteiger partial charge in [-0.2, -0.15) is 0 Å². The van der Waals surface area contributed by atoms with Crippen LogP contribution in [-0.2, 0) is 10.2 Å². The summed E-state index contributed by atoms with van der Waals surface area (Å²) in [5.74, 6) is 0.235. The Bertz CT molecular complexity index is 433. The molecular weight excluding hydrogens is 272 g/mol. The number of likely N-dealkylation sites (N-methyl/N-ethyl adjacent to an activating group) is 1. The van der Waals surface area contributed by atoms with Gasteiger partial charge in [0.25, 0.3) is 0 Å². The Morgan fingerprint density at radius 2 is 1.95 bits per heavy atom. The van der Waals surface area contributed by atoms with Gasteiger partial charge < -0.3 is 10.2 Å². The summed E-state index contributed by atoms with van der Waals surface area (Å²) in [6, 6.07) is 10.5. The highest BCUT2D eigenvalue weighted by atomic mass is 35.5. The van der Waals surface area contributed by atoms with E-state index in [0.29, 0.717) is 6.04 Å². The smallest absolute Gasteiger partial charge is 0.232 e. The number of nitrogens with one attached hydrogen (secondary N) is 1. The maximum atomic E-state index is 12.8. The summed E-state index contributed by atoms with van der Waals surface area (Å²) in [6.45, 7) is 5.75. The fourth-order valence-electron chi connectivity index (χ4n) is 2.77. The standard InChI is InChI=1S/C16H24N2O.ClH/c1-16(2,13-8-5-4-6-9-13)15(19)18-11-7-10-14(12-18)17-3;/h4-6,8-9,14,17H,7,10-12H2,1-3H3;1H. The Labute approximate surface area is 128 Å². The molecule has 1 saturated heterocycles. The molecule has 1 atom stereocenters. The van der Waals surface area contributed by atoms with E-state index in [-0.39, 0.29) is 18.3 Å². The second kappa shape index (κ2) is 7.09. The number of rotatable bonds is 3. The van der Waals surface area contributed by atoms with Crippen LogP contribution in [0.15, 0.2) is 30.3 Å². The second-order valence-electron chi connectivity index (χ2n) is 5.87. The lowest BCUT2D eigenvalue weighted by molar-refractivity contribution is -0.137. The van der Waals surface area contributed by atoms with Crippen LogP contribution in [0.1, 0.15) is 32.3 Å². The summed E-state index contributed by atoms with van der Waals surface area (Å²) in [6.07, 6.45) is 2.24. The van der Waals surface area contributed by atoms with E-state index in [9.17, 15) is 4.79 Å². The van der Waals surface area contributed by atoms with Gasteiger partial charge in [0, 0.05) is 19.1 Å².